The van der Waals surface area contributed by atoms with Gasteiger partial charge >= 0.3 is 0 Å². The van der Waals surface area contributed by atoms with E-state index in [9.17, 15) is 0 Å². The predicted octanol–water partition coefficient (Wildman–Crippen LogP) is 2.66. The molecule has 1 heterocycles. The van der Waals surface area contributed by atoms with Gasteiger partial charge in [0.05, 0.1) is 15.7 Å². The minimum Gasteiger partial charge on any atom is -0.244 e. The molecule has 2 aromatic rings. The van der Waals surface area contributed by atoms with Gasteiger partial charge < -0.3 is 0 Å². The molecule has 55 valence electrons. The van der Waals surface area contributed by atoms with Gasteiger partial charge in [-0.1, -0.05) is 6.92 Å². The molecule has 0 aliphatic carbocycles. The maximum Gasteiger partial charge on any atom is 0.0844 e. The zero-order valence-electron chi connectivity index (χ0n) is 6.29. The molecule has 0 saturated carbocycles. The molecule has 0 amide bonds. The topological polar surface area (TPSA) is 12.9 Å². The summed E-state index contributed by atoms with van der Waals surface area (Å²) >= 11 is 1.67. The monoisotopic (exact) mass is 162 g/mol. The summed E-state index contributed by atoms with van der Waals surface area (Å²) in [5, 5.41) is 0. The lowest BCUT2D eigenvalue weighted by molar-refractivity contribution is 1.15. The number of nitrogens with zero attached hydrogens (tertiary/aromatic N) is 1. The summed E-state index contributed by atoms with van der Waals surface area (Å²) in [5.41, 5.74) is 4.33. The van der Waals surface area contributed by atoms with Crippen LogP contribution in [0.25, 0.3) is 10.2 Å². The van der Waals surface area contributed by atoms with Gasteiger partial charge in [0.25, 0.3) is 0 Å². The van der Waals surface area contributed by atoms with E-state index in [1.165, 1.54) is 10.3 Å². The number of rotatable bonds is 1. The van der Waals surface area contributed by atoms with Crippen molar-refractivity contribution in [3.63, 3.8) is 0 Å². The van der Waals surface area contributed by atoms with Crippen molar-refractivity contribution in [2.45, 2.75) is 13.3 Å². The van der Waals surface area contributed by atoms with Gasteiger partial charge in [-0.05, 0) is 30.2 Å². The molecule has 0 fully saturated rings. The van der Waals surface area contributed by atoms with Crippen LogP contribution >= 0.6 is 11.3 Å². The largest absolute Gasteiger partial charge is 0.244 e. The number of hydrogen-bond acceptors (Lipinski definition) is 2. The lowest BCUT2D eigenvalue weighted by Crippen LogP contribution is -1.80. The van der Waals surface area contributed by atoms with E-state index in [4.69, 9.17) is 0 Å². The van der Waals surface area contributed by atoms with Crippen LogP contribution in [0.4, 0.5) is 0 Å². The predicted molar refractivity (Wildman–Crippen MR) is 47.8 cm³/mol. The highest BCUT2D eigenvalue weighted by molar-refractivity contribution is 7.16. The standard InChI is InChI=1S/C9H8NS/c1-2-7-4-3-5-8-9(7)10-6-11-8/h4-6H,2H2,1H3. The van der Waals surface area contributed by atoms with Crippen molar-refractivity contribution >= 4 is 21.6 Å². The van der Waals surface area contributed by atoms with Gasteiger partial charge in [0, 0.05) is 0 Å². The van der Waals surface area contributed by atoms with Crippen molar-refractivity contribution in [2.24, 2.45) is 0 Å². The third kappa shape index (κ3) is 1.03. The SMILES string of the molecule is CCc1c[c]cc2scnc12. The van der Waals surface area contributed by atoms with E-state index in [0.29, 0.717) is 0 Å². The molecule has 0 bridgehead atoms. The highest BCUT2D eigenvalue weighted by Crippen LogP contribution is 2.20. The van der Waals surface area contributed by atoms with Crippen molar-refractivity contribution in [3.05, 3.63) is 29.3 Å². The van der Waals surface area contributed by atoms with Crippen LogP contribution in [0.15, 0.2) is 17.6 Å². The number of benzene rings is 1. The third-order valence-electron chi connectivity index (χ3n) is 1.75. The summed E-state index contributed by atoms with van der Waals surface area (Å²) in [6.45, 7) is 2.14. The maximum absolute atomic E-state index is 4.29. The van der Waals surface area contributed by atoms with Gasteiger partial charge in [0.2, 0.25) is 0 Å². The first kappa shape index (κ1) is 6.80. The Kier molecular flexibility index (Phi) is 1.62. The van der Waals surface area contributed by atoms with E-state index in [2.05, 4.69) is 18.0 Å². The molecule has 0 N–H and O–H groups in total. The molecule has 2 heteroatoms. The van der Waals surface area contributed by atoms with Crippen molar-refractivity contribution in [1.82, 2.24) is 4.98 Å². The van der Waals surface area contributed by atoms with Crippen LogP contribution in [0.5, 0.6) is 0 Å². The molecule has 1 radical (unpaired) electrons. The molecular weight excluding hydrogens is 154 g/mol. The van der Waals surface area contributed by atoms with Gasteiger partial charge in [0.15, 0.2) is 0 Å². The van der Waals surface area contributed by atoms with E-state index in [1.807, 2.05) is 17.6 Å². The summed E-state index contributed by atoms with van der Waals surface area (Å²) in [6, 6.07) is 7.12. The molecule has 0 aliphatic rings. The number of aromatic nitrogens is 1. The van der Waals surface area contributed by atoms with E-state index < -0.39 is 0 Å². The number of hydrogen-bond donors (Lipinski definition) is 0. The lowest BCUT2D eigenvalue weighted by atomic mass is 10.1. The average molecular weight is 162 g/mol. The minimum absolute atomic E-state index is 1.04. The van der Waals surface area contributed by atoms with Gasteiger partial charge in [0.1, 0.15) is 0 Å². The average Bonchev–Trinajstić information content (AvgIpc) is 2.50. The molecule has 0 atom stereocenters. The second kappa shape index (κ2) is 2.62. The molecule has 0 saturated heterocycles. The first-order valence-electron chi connectivity index (χ1n) is 3.64. The lowest BCUT2D eigenvalue weighted by Gasteiger charge is -1.94. The van der Waals surface area contributed by atoms with E-state index >= 15 is 0 Å². The molecule has 0 unspecified atom stereocenters. The van der Waals surface area contributed by atoms with Gasteiger partial charge in [-0.3, -0.25) is 0 Å². The zero-order chi connectivity index (χ0) is 7.68. The minimum atomic E-state index is 1.04. The van der Waals surface area contributed by atoms with Crippen molar-refractivity contribution in [2.75, 3.05) is 0 Å². The zero-order valence-corrected chi connectivity index (χ0v) is 7.11. The Hall–Kier alpha value is -0.890. The fourth-order valence-electron chi connectivity index (χ4n) is 1.15. The molecule has 1 aromatic heterocycles. The molecule has 1 nitrogen and oxygen atoms in total. The normalized spacial score (nSPS) is 10.6. The van der Waals surface area contributed by atoms with Crippen LogP contribution in [0.1, 0.15) is 12.5 Å². The Morgan fingerprint density at radius 1 is 1.55 bits per heavy atom. The van der Waals surface area contributed by atoms with Crippen LogP contribution in [0.3, 0.4) is 0 Å². The Balaban J connectivity index is 2.79. The Labute approximate surface area is 69.7 Å². The molecule has 0 spiro atoms. The first-order chi connectivity index (χ1) is 5.42. The first-order valence-corrected chi connectivity index (χ1v) is 4.52. The molecule has 2 rings (SSSR count). The van der Waals surface area contributed by atoms with Crippen molar-refractivity contribution in [1.29, 1.82) is 0 Å². The quantitative estimate of drug-likeness (QED) is 0.628. The van der Waals surface area contributed by atoms with Crippen LogP contribution in [0, 0.1) is 6.07 Å². The van der Waals surface area contributed by atoms with Crippen LogP contribution in [0.2, 0.25) is 0 Å². The summed E-state index contributed by atoms with van der Waals surface area (Å²) in [5.74, 6) is 0. The Bertz CT molecular complexity index is 364. The second-order valence-corrected chi connectivity index (χ2v) is 3.29. The van der Waals surface area contributed by atoms with Crippen LogP contribution < -0.4 is 0 Å². The van der Waals surface area contributed by atoms with Gasteiger partial charge in [-0.25, -0.2) is 4.98 Å². The van der Waals surface area contributed by atoms with Crippen molar-refractivity contribution < 1.29 is 0 Å². The number of aryl methyl sites for hydroxylation is 1. The van der Waals surface area contributed by atoms with Gasteiger partial charge in [-0.15, -0.1) is 11.3 Å². The highest BCUT2D eigenvalue weighted by atomic mass is 32.1. The van der Waals surface area contributed by atoms with E-state index in [1.54, 1.807) is 11.3 Å². The summed E-state index contributed by atoms with van der Waals surface area (Å²) < 4.78 is 1.24. The number of fused-ring (bicyclic) bond motifs is 1. The van der Waals surface area contributed by atoms with Crippen LogP contribution in [-0.4, -0.2) is 4.98 Å². The molecule has 1 aromatic carbocycles. The Morgan fingerprint density at radius 3 is 3.27 bits per heavy atom. The summed E-state index contributed by atoms with van der Waals surface area (Å²) in [6.07, 6.45) is 1.04. The van der Waals surface area contributed by atoms with E-state index in [-0.39, 0.29) is 0 Å². The van der Waals surface area contributed by atoms with Crippen molar-refractivity contribution in [3.8, 4) is 0 Å². The second-order valence-electron chi connectivity index (χ2n) is 2.40. The van der Waals surface area contributed by atoms with E-state index in [0.717, 1.165) is 11.9 Å². The maximum atomic E-state index is 4.29. The molecular formula is C9H8NS. The fourth-order valence-corrected chi connectivity index (χ4v) is 1.86. The Morgan fingerprint density at radius 2 is 2.45 bits per heavy atom. The summed E-state index contributed by atoms with van der Waals surface area (Å²) in [4.78, 5) is 4.29. The van der Waals surface area contributed by atoms with Gasteiger partial charge in [-0.2, -0.15) is 0 Å². The summed E-state index contributed by atoms with van der Waals surface area (Å²) in [7, 11) is 0. The molecule has 11 heavy (non-hydrogen) atoms. The molecule has 0 aliphatic heterocycles. The smallest absolute Gasteiger partial charge is 0.0844 e. The highest BCUT2D eigenvalue weighted by Gasteiger charge is 1.99. The fraction of sp³-hybridized carbons (Fsp3) is 0.222. The third-order valence-corrected chi connectivity index (χ3v) is 2.53. The number of thiazole rings is 1. The van der Waals surface area contributed by atoms with Crippen LogP contribution in [-0.2, 0) is 6.42 Å².